The van der Waals surface area contributed by atoms with Gasteiger partial charge < -0.3 is 4.57 Å². The molecule has 1 unspecified atom stereocenters. The van der Waals surface area contributed by atoms with Crippen molar-refractivity contribution < 1.29 is 4.57 Å². The maximum absolute atomic E-state index is 16.0. The Balaban J connectivity index is 1.29. The van der Waals surface area contributed by atoms with Crippen LogP contribution in [0.4, 0.5) is 0 Å². The molecule has 1 aliphatic heterocycles. The third kappa shape index (κ3) is 4.58. The minimum Gasteiger partial charge on any atom is -0.309 e. The van der Waals surface area contributed by atoms with Crippen molar-refractivity contribution in [3.05, 3.63) is 182 Å². The second-order valence-electron chi connectivity index (χ2n) is 12.9. The van der Waals surface area contributed by atoms with Crippen LogP contribution >= 0.6 is 7.14 Å². The highest BCUT2D eigenvalue weighted by atomic mass is 31.2. The van der Waals surface area contributed by atoms with Gasteiger partial charge in [-0.15, -0.1) is 0 Å². The van der Waals surface area contributed by atoms with Crippen LogP contribution in [-0.4, -0.2) is 14.5 Å². The Labute approximate surface area is 295 Å². The zero-order valence-electron chi connectivity index (χ0n) is 27.5. The average Bonchev–Trinajstić information content (AvgIpc) is 3.69. The van der Waals surface area contributed by atoms with Gasteiger partial charge >= 0.3 is 0 Å². The first kappa shape index (κ1) is 29.6. The Kier molecular flexibility index (Phi) is 6.74. The van der Waals surface area contributed by atoms with Crippen LogP contribution < -0.4 is 15.9 Å². The van der Waals surface area contributed by atoms with Crippen molar-refractivity contribution in [1.29, 1.82) is 0 Å². The molecule has 5 heteroatoms. The van der Waals surface area contributed by atoms with Gasteiger partial charge in [0.05, 0.1) is 22.0 Å². The zero-order valence-corrected chi connectivity index (χ0v) is 28.4. The first-order chi connectivity index (χ1) is 25.2. The molecule has 0 saturated carbocycles. The average molecular weight is 672 g/mol. The standard InChI is InChI=1S/C46H30N3OP/c50-51(35-18-8-3-9-19-35)42-23-13-11-21-37(42)39-29-28-38-36-20-10-12-22-41(36)49(44(38)45(39)51)43-30-40(47-46(48-43)34-16-6-2-7-17-34)33-26-24-32(25-27-33)31-14-4-1-5-15-31/h1-30H. The third-order valence-electron chi connectivity index (χ3n) is 10.0. The Morgan fingerprint density at radius 1 is 0.471 bits per heavy atom. The molecular weight excluding hydrogens is 642 g/mol. The number of fused-ring (bicyclic) bond motifs is 7. The monoisotopic (exact) mass is 671 g/mol. The molecule has 0 amide bonds. The van der Waals surface area contributed by atoms with E-state index in [0.29, 0.717) is 5.82 Å². The topological polar surface area (TPSA) is 47.8 Å². The zero-order chi connectivity index (χ0) is 33.9. The summed E-state index contributed by atoms with van der Waals surface area (Å²) in [7, 11) is -3.29. The van der Waals surface area contributed by atoms with Gasteiger partial charge in [0.1, 0.15) is 5.82 Å². The van der Waals surface area contributed by atoms with Crippen LogP contribution in [0.1, 0.15) is 0 Å². The van der Waals surface area contributed by atoms with Crippen LogP contribution in [0.5, 0.6) is 0 Å². The number of aromatic nitrogens is 3. The predicted octanol–water partition coefficient (Wildman–Crippen LogP) is 10.2. The molecule has 0 saturated heterocycles. The molecule has 0 aliphatic carbocycles. The van der Waals surface area contributed by atoms with E-state index in [4.69, 9.17) is 9.97 Å². The summed E-state index contributed by atoms with van der Waals surface area (Å²) in [6, 6.07) is 62.1. The molecule has 240 valence electrons. The lowest BCUT2D eigenvalue weighted by Gasteiger charge is -2.19. The summed E-state index contributed by atoms with van der Waals surface area (Å²) in [4.78, 5) is 10.4. The molecule has 7 aromatic carbocycles. The van der Waals surface area contributed by atoms with Crippen molar-refractivity contribution in [2.45, 2.75) is 0 Å². The molecule has 3 heterocycles. The van der Waals surface area contributed by atoms with Crippen LogP contribution in [0.2, 0.25) is 0 Å². The number of rotatable bonds is 5. The molecule has 2 aromatic heterocycles. The van der Waals surface area contributed by atoms with Crippen molar-refractivity contribution in [2.24, 2.45) is 0 Å². The molecule has 10 rings (SSSR count). The first-order valence-corrected chi connectivity index (χ1v) is 18.8. The highest BCUT2D eigenvalue weighted by molar-refractivity contribution is 7.86. The van der Waals surface area contributed by atoms with E-state index in [1.54, 1.807) is 0 Å². The molecule has 51 heavy (non-hydrogen) atoms. The van der Waals surface area contributed by atoms with E-state index < -0.39 is 7.14 Å². The van der Waals surface area contributed by atoms with E-state index in [2.05, 4.69) is 102 Å². The fraction of sp³-hybridized carbons (Fsp3) is 0. The molecule has 0 N–H and O–H groups in total. The normalized spacial score (nSPS) is 14.8. The van der Waals surface area contributed by atoms with Crippen molar-refractivity contribution in [3.63, 3.8) is 0 Å². The quantitative estimate of drug-likeness (QED) is 0.171. The van der Waals surface area contributed by atoms with Gasteiger partial charge in [-0.3, -0.25) is 4.57 Å². The second-order valence-corrected chi connectivity index (χ2v) is 15.6. The molecule has 0 fully saturated rings. The van der Waals surface area contributed by atoms with Gasteiger partial charge in [-0.1, -0.05) is 170 Å². The van der Waals surface area contributed by atoms with Gasteiger partial charge in [0, 0.05) is 38.6 Å². The van der Waals surface area contributed by atoms with E-state index >= 15 is 4.57 Å². The molecular formula is C46H30N3OP. The summed E-state index contributed by atoms with van der Waals surface area (Å²) in [6.07, 6.45) is 0. The number of hydrogen-bond acceptors (Lipinski definition) is 3. The minimum absolute atomic E-state index is 0.628. The number of nitrogens with zero attached hydrogens (tertiary/aromatic N) is 3. The van der Waals surface area contributed by atoms with Gasteiger partial charge in [-0.2, -0.15) is 0 Å². The van der Waals surface area contributed by atoms with Crippen LogP contribution in [-0.2, 0) is 4.57 Å². The Bertz CT molecular complexity index is 2810. The molecule has 4 nitrogen and oxygen atoms in total. The predicted molar refractivity (Wildman–Crippen MR) is 211 cm³/mol. The Hall–Kier alpha value is -6.35. The Morgan fingerprint density at radius 2 is 1.08 bits per heavy atom. The minimum atomic E-state index is -3.29. The summed E-state index contributed by atoms with van der Waals surface area (Å²) in [6.45, 7) is 0. The summed E-state index contributed by atoms with van der Waals surface area (Å²) in [5.74, 6) is 1.35. The van der Waals surface area contributed by atoms with Gasteiger partial charge in [0.15, 0.2) is 13.0 Å². The van der Waals surface area contributed by atoms with Crippen LogP contribution in [0.15, 0.2) is 182 Å². The van der Waals surface area contributed by atoms with Gasteiger partial charge in [-0.05, 0) is 28.3 Å². The van der Waals surface area contributed by atoms with Crippen LogP contribution in [0.25, 0.3) is 72.5 Å². The maximum atomic E-state index is 16.0. The van der Waals surface area contributed by atoms with E-state index in [-0.39, 0.29) is 0 Å². The van der Waals surface area contributed by atoms with E-state index in [1.165, 1.54) is 5.56 Å². The molecule has 1 atom stereocenters. The van der Waals surface area contributed by atoms with E-state index in [1.807, 2.05) is 84.9 Å². The fourth-order valence-electron chi connectivity index (χ4n) is 7.69. The van der Waals surface area contributed by atoms with Crippen molar-refractivity contribution in [3.8, 4) is 50.7 Å². The lowest BCUT2D eigenvalue weighted by molar-refractivity contribution is 0.593. The summed E-state index contributed by atoms with van der Waals surface area (Å²) >= 11 is 0. The number of para-hydroxylation sites is 1. The molecule has 0 radical (unpaired) electrons. The van der Waals surface area contributed by atoms with Crippen molar-refractivity contribution >= 4 is 44.9 Å². The lowest BCUT2D eigenvalue weighted by atomic mass is 10.0. The van der Waals surface area contributed by atoms with Gasteiger partial charge in [-0.25, -0.2) is 9.97 Å². The third-order valence-corrected chi connectivity index (χ3v) is 13.2. The maximum Gasteiger partial charge on any atom is 0.174 e. The highest BCUT2D eigenvalue weighted by Gasteiger charge is 2.42. The fourth-order valence-corrected chi connectivity index (χ4v) is 10.9. The molecule has 1 aliphatic rings. The lowest BCUT2D eigenvalue weighted by Crippen LogP contribution is -2.22. The SMILES string of the molecule is O=P1(c2ccccc2)c2ccccc2-c2ccc3c4ccccc4n(-c4cc(-c5ccc(-c6ccccc6)cc5)nc(-c5ccccc5)n4)c3c21. The first-order valence-electron chi connectivity index (χ1n) is 17.1. The molecule has 9 aromatic rings. The number of benzene rings is 7. The van der Waals surface area contributed by atoms with E-state index in [0.717, 1.165) is 77.0 Å². The van der Waals surface area contributed by atoms with Gasteiger partial charge in [0.2, 0.25) is 0 Å². The van der Waals surface area contributed by atoms with E-state index in [9.17, 15) is 0 Å². The summed E-state index contributed by atoms with van der Waals surface area (Å²) < 4.78 is 18.2. The second kappa shape index (κ2) is 11.6. The van der Waals surface area contributed by atoms with Crippen LogP contribution in [0.3, 0.4) is 0 Å². The van der Waals surface area contributed by atoms with Crippen molar-refractivity contribution in [1.82, 2.24) is 14.5 Å². The van der Waals surface area contributed by atoms with Crippen LogP contribution in [0, 0.1) is 0 Å². The summed E-state index contributed by atoms with van der Waals surface area (Å²) in [5, 5.41) is 4.69. The van der Waals surface area contributed by atoms with Gasteiger partial charge in [0.25, 0.3) is 0 Å². The van der Waals surface area contributed by atoms with Crippen molar-refractivity contribution in [2.75, 3.05) is 0 Å². The smallest absolute Gasteiger partial charge is 0.174 e. The molecule has 0 bridgehead atoms. The Morgan fingerprint density at radius 3 is 1.84 bits per heavy atom. The highest BCUT2D eigenvalue weighted by Crippen LogP contribution is 2.54. The number of hydrogen-bond donors (Lipinski definition) is 0. The summed E-state index contributed by atoms with van der Waals surface area (Å²) in [5.41, 5.74) is 8.98. The molecule has 0 spiro atoms. The largest absolute Gasteiger partial charge is 0.309 e.